The highest BCUT2D eigenvalue weighted by molar-refractivity contribution is 6.04. The van der Waals surface area contributed by atoms with Crippen molar-refractivity contribution in [3.63, 3.8) is 0 Å². The summed E-state index contributed by atoms with van der Waals surface area (Å²) in [5, 5.41) is 12.3. The zero-order valence-electron chi connectivity index (χ0n) is 10.3. The van der Waals surface area contributed by atoms with Gasteiger partial charge in [0.1, 0.15) is 5.75 Å². The van der Waals surface area contributed by atoms with Crippen LogP contribution in [0.2, 0.25) is 0 Å². The van der Waals surface area contributed by atoms with E-state index in [4.69, 9.17) is 14.7 Å². The molecule has 1 heterocycles. The van der Waals surface area contributed by atoms with Crippen molar-refractivity contribution in [3.8, 4) is 5.75 Å². The Bertz CT molecular complexity index is 464. The molecule has 2 aliphatic rings. The van der Waals surface area contributed by atoms with Gasteiger partial charge in [-0.2, -0.15) is 0 Å². The van der Waals surface area contributed by atoms with Gasteiger partial charge in [-0.25, -0.2) is 0 Å². The molecule has 1 fully saturated rings. The minimum Gasteiger partial charge on any atom is -0.493 e. The standard InChI is InChI=1S/C14H17NO3/c16-15-13-5-4-12-11(13)2-1-3-14(12)18-9-10-6-7-17-8-10/h1-3,10,16H,4-9H2/b15-13-. The summed E-state index contributed by atoms with van der Waals surface area (Å²) in [6.45, 7) is 2.36. The maximum Gasteiger partial charge on any atom is 0.123 e. The van der Waals surface area contributed by atoms with Crippen LogP contribution in [-0.4, -0.2) is 30.7 Å². The minimum absolute atomic E-state index is 0.508. The summed E-state index contributed by atoms with van der Waals surface area (Å²) in [5.74, 6) is 1.44. The van der Waals surface area contributed by atoms with Crippen molar-refractivity contribution in [2.24, 2.45) is 11.1 Å². The maximum atomic E-state index is 8.94. The fourth-order valence-electron chi connectivity index (χ4n) is 2.63. The van der Waals surface area contributed by atoms with Crippen LogP contribution in [0.15, 0.2) is 23.4 Å². The van der Waals surface area contributed by atoms with Crippen molar-refractivity contribution in [1.29, 1.82) is 0 Å². The molecular formula is C14H17NO3. The number of fused-ring (bicyclic) bond motifs is 1. The third-order valence-electron chi connectivity index (χ3n) is 3.67. The normalized spacial score (nSPS) is 24.4. The van der Waals surface area contributed by atoms with Crippen LogP contribution in [0.4, 0.5) is 0 Å². The Morgan fingerprint density at radius 2 is 2.33 bits per heavy atom. The molecular weight excluding hydrogens is 230 g/mol. The zero-order valence-corrected chi connectivity index (χ0v) is 10.3. The van der Waals surface area contributed by atoms with Gasteiger partial charge >= 0.3 is 0 Å². The van der Waals surface area contributed by atoms with Crippen LogP contribution in [0, 0.1) is 5.92 Å². The largest absolute Gasteiger partial charge is 0.493 e. The average Bonchev–Trinajstić information content (AvgIpc) is 3.05. The summed E-state index contributed by atoms with van der Waals surface area (Å²) < 4.78 is 11.2. The van der Waals surface area contributed by atoms with Gasteiger partial charge in [-0.05, 0) is 25.3 Å². The molecule has 96 valence electrons. The number of hydrogen-bond acceptors (Lipinski definition) is 4. The molecule has 0 saturated carbocycles. The van der Waals surface area contributed by atoms with Gasteiger partial charge in [0.05, 0.1) is 18.9 Å². The maximum absolute atomic E-state index is 8.94. The number of ether oxygens (including phenoxy) is 2. The van der Waals surface area contributed by atoms with Crippen LogP contribution in [0.5, 0.6) is 5.75 Å². The molecule has 4 heteroatoms. The van der Waals surface area contributed by atoms with Crippen molar-refractivity contribution in [2.75, 3.05) is 19.8 Å². The molecule has 1 aliphatic carbocycles. The van der Waals surface area contributed by atoms with Crippen LogP contribution >= 0.6 is 0 Å². The smallest absolute Gasteiger partial charge is 0.123 e. The van der Waals surface area contributed by atoms with Crippen molar-refractivity contribution < 1.29 is 14.7 Å². The fraction of sp³-hybridized carbons (Fsp3) is 0.500. The Morgan fingerprint density at radius 1 is 1.39 bits per heavy atom. The lowest BCUT2D eigenvalue weighted by Crippen LogP contribution is -2.12. The Balaban J connectivity index is 1.75. The van der Waals surface area contributed by atoms with Crippen LogP contribution in [-0.2, 0) is 11.2 Å². The summed E-state index contributed by atoms with van der Waals surface area (Å²) in [7, 11) is 0. The van der Waals surface area contributed by atoms with Gasteiger partial charge in [-0.15, -0.1) is 0 Å². The molecule has 0 spiro atoms. The van der Waals surface area contributed by atoms with Crippen LogP contribution in [0.3, 0.4) is 0 Å². The highest BCUT2D eigenvalue weighted by Crippen LogP contribution is 2.31. The summed E-state index contributed by atoms with van der Waals surface area (Å²) in [6.07, 6.45) is 2.77. The predicted octanol–water partition coefficient (Wildman–Crippen LogP) is 2.23. The second-order valence-electron chi connectivity index (χ2n) is 4.87. The number of benzene rings is 1. The van der Waals surface area contributed by atoms with Gasteiger partial charge < -0.3 is 14.7 Å². The summed E-state index contributed by atoms with van der Waals surface area (Å²) in [4.78, 5) is 0. The molecule has 1 aliphatic heterocycles. The highest BCUT2D eigenvalue weighted by Gasteiger charge is 2.23. The third kappa shape index (κ3) is 2.08. The predicted molar refractivity (Wildman–Crippen MR) is 67.5 cm³/mol. The van der Waals surface area contributed by atoms with E-state index in [0.717, 1.165) is 49.5 Å². The highest BCUT2D eigenvalue weighted by atomic mass is 16.5. The van der Waals surface area contributed by atoms with Gasteiger partial charge in [-0.1, -0.05) is 17.3 Å². The molecule has 1 unspecified atom stereocenters. The number of hydrogen-bond donors (Lipinski definition) is 1. The number of nitrogens with zero attached hydrogens (tertiary/aromatic N) is 1. The van der Waals surface area contributed by atoms with E-state index in [2.05, 4.69) is 5.16 Å². The number of oxime groups is 1. The van der Waals surface area contributed by atoms with Crippen molar-refractivity contribution >= 4 is 5.71 Å². The lowest BCUT2D eigenvalue weighted by Gasteiger charge is -2.13. The van der Waals surface area contributed by atoms with E-state index in [-0.39, 0.29) is 0 Å². The summed E-state index contributed by atoms with van der Waals surface area (Å²) in [5.41, 5.74) is 2.96. The Kier molecular flexibility index (Phi) is 3.19. The molecule has 0 amide bonds. The van der Waals surface area contributed by atoms with Gasteiger partial charge in [-0.3, -0.25) is 0 Å². The molecule has 0 radical (unpaired) electrons. The SMILES string of the molecule is O/N=C1/CCc2c(OCC3CCOC3)cccc21. The van der Waals surface area contributed by atoms with Crippen molar-refractivity contribution in [2.45, 2.75) is 19.3 Å². The molecule has 4 nitrogen and oxygen atoms in total. The molecule has 1 aromatic carbocycles. The molecule has 1 N–H and O–H groups in total. The molecule has 3 rings (SSSR count). The van der Waals surface area contributed by atoms with Crippen molar-refractivity contribution in [1.82, 2.24) is 0 Å². The molecule has 0 bridgehead atoms. The molecule has 0 aromatic heterocycles. The van der Waals surface area contributed by atoms with E-state index in [0.29, 0.717) is 12.5 Å². The second kappa shape index (κ2) is 4.98. The monoisotopic (exact) mass is 247 g/mol. The van der Waals surface area contributed by atoms with Gasteiger partial charge in [0, 0.05) is 23.7 Å². The van der Waals surface area contributed by atoms with Gasteiger partial charge in [0.2, 0.25) is 0 Å². The molecule has 1 aromatic rings. The number of rotatable bonds is 3. The molecule has 18 heavy (non-hydrogen) atoms. The Hall–Kier alpha value is -1.55. The lowest BCUT2D eigenvalue weighted by molar-refractivity contribution is 0.167. The topological polar surface area (TPSA) is 51.1 Å². The van der Waals surface area contributed by atoms with Gasteiger partial charge in [0.25, 0.3) is 0 Å². The fourth-order valence-corrected chi connectivity index (χ4v) is 2.63. The first-order valence-electron chi connectivity index (χ1n) is 6.42. The van der Waals surface area contributed by atoms with E-state index in [1.807, 2.05) is 18.2 Å². The Morgan fingerprint density at radius 3 is 3.11 bits per heavy atom. The second-order valence-corrected chi connectivity index (χ2v) is 4.87. The summed E-state index contributed by atoms with van der Waals surface area (Å²) in [6, 6.07) is 5.94. The van der Waals surface area contributed by atoms with E-state index in [1.54, 1.807) is 0 Å². The van der Waals surface area contributed by atoms with E-state index < -0.39 is 0 Å². The zero-order chi connectivity index (χ0) is 12.4. The summed E-state index contributed by atoms with van der Waals surface area (Å²) >= 11 is 0. The molecule has 1 atom stereocenters. The lowest BCUT2D eigenvalue weighted by atomic mass is 10.1. The molecule has 1 saturated heterocycles. The average molecular weight is 247 g/mol. The van der Waals surface area contributed by atoms with E-state index >= 15 is 0 Å². The van der Waals surface area contributed by atoms with Crippen molar-refractivity contribution in [3.05, 3.63) is 29.3 Å². The van der Waals surface area contributed by atoms with Crippen LogP contribution < -0.4 is 4.74 Å². The van der Waals surface area contributed by atoms with E-state index in [9.17, 15) is 0 Å². The van der Waals surface area contributed by atoms with Crippen LogP contribution in [0.25, 0.3) is 0 Å². The minimum atomic E-state index is 0.508. The van der Waals surface area contributed by atoms with Gasteiger partial charge in [0.15, 0.2) is 0 Å². The quantitative estimate of drug-likeness (QED) is 0.658. The third-order valence-corrected chi connectivity index (χ3v) is 3.67. The van der Waals surface area contributed by atoms with E-state index in [1.165, 1.54) is 5.56 Å². The first-order chi connectivity index (χ1) is 8.88. The first-order valence-corrected chi connectivity index (χ1v) is 6.42. The first kappa shape index (κ1) is 11.5. The Labute approximate surface area is 106 Å². The van der Waals surface area contributed by atoms with Crippen LogP contribution in [0.1, 0.15) is 24.0 Å².